The summed E-state index contributed by atoms with van der Waals surface area (Å²) in [5, 5.41) is 0. The number of carbonyl (C=O) groups excluding carboxylic acids is 1. The molecule has 1 aromatic rings. The molecule has 1 nitrogen and oxygen atoms in total. The molecule has 2 rings (SSSR count). The van der Waals surface area contributed by atoms with Crippen LogP contribution in [-0.2, 0) is 24.0 Å². The van der Waals surface area contributed by atoms with Gasteiger partial charge in [0.1, 0.15) is 5.78 Å². The average Bonchev–Trinajstić information content (AvgIpc) is 2.29. The van der Waals surface area contributed by atoms with E-state index in [0.717, 1.165) is 30.4 Å². The van der Waals surface area contributed by atoms with Gasteiger partial charge in [0.15, 0.2) is 0 Å². The van der Waals surface area contributed by atoms with Gasteiger partial charge < -0.3 is 0 Å². The topological polar surface area (TPSA) is 17.1 Å². The molecule has 0 aliphatic heterocycles. The van der Waals surface area contributed by atoms with Crippen LogP contribution >= 0.6 is 0 Å². The van der Waals surface area contributed by atoms with Crippen LogP contribution in [0.5, 0.6) is 0 Å². The first-order valence-corrected chi connectivity index (χ1v) is 6.45. The fourth-order valence-corrected chi connectivity index (χ4v) is 2.17. The normalized spacial score (nSPS) is 20.6. The van der Waals surface area contributed by atoms with Gasteiger partial charge in [0, 0.05) is 13.2 Å². The maximum Gasteiger partial charge on any atom is 0.142 e. The summed E-state index contributed by atoms with van der Waals surface area (Å²) in [6.07, 6.45) is 3.53. The van der Waals surface area contributed by atoms with Crippen molar-refractivity contribution in [1.82, 2.24) is 0 Å². The molecule has 0 radical (unpaired) electrons. The Labute approximate surface area is 106 Å². The van der Waals surface area contributed by atoms with Crippen molar-refractivity contribution in [3.63, 3.8) is 0 Å². The molecule has 1 aliphatic carbocycles. The van der Waals surface area contributed by atoms with E-state index in [2.05, 4.69) is 18.2 Å². The van der Waals surface area contributed by atoms with E-state index < -0.39 is 0 Å². The highest BCUT2D eigenvalue weighted by Crippen LogP contribution is 2.24. The van der Waals surface area contributed by atoms with Gasteiger partial charge in [0.2, 0.25) is 0 Å². The van der Waals surface area contributed by atoms with E-state index in [1.807, 2.05) is 20.8 Å². The number of ketones is 1. The summed E-state index contributed by atoms with van der Waals surface area (Å²) in [6.45, 7) is 5.88. The summed E-state index contributed by atoms with van der Waals surface area (Å²) in [5.74, 6) is 0.264. The Morgan fingerprint density at radius 2 is 2.06 bits per heavy atom. The second kappa shape index (κ2) is 4.64. The lowest BCUT2D eigenvalue weighted by molar-refractivity contribution is -0.125. The van der Waals surface area contributed by atoms with Crippen LogP contribution < -0.4 is 0 Å². The maximum absolute atomic E-state index is 12.0. The molecule has 17 heavy (non-hydrogen) atoms. The minimum Gasteiger partial charge on any atom is -0.299 e. The van der Waals surface area contributed by atoms with Crippen molar-refractivity contribution in [1.29, 1.82) is 0 Å². The first-order chi connectivity index (χ1) is 8.38. The molecule has 1 atom stereocenters. The Morgan fingerprint density at radius 1 is 1.29 bits per heavy atom. The summed E-state index contributed by atoms with van der Waals surface area (Å²) in [5.41, 5.74) is 3.22. The number of carbonyl (C=O) groups is 1. The molecule has 1 heteroatoms. The molecule has 1 unspecified atom stereocenters. The van der Waals surface area contributed by atoms with Crippen LogP contribution in [0.3, 0.4) is 0 Å². The van der Waals surface area contributed by atoms with Gasteiger partial charge in [-0.1, -0.05) is 39.0 Å². The highest BCUT2D eigenvalue weighted by atomic mass is 16.1. The smallest absolute Gasteiger partial charge is 0.142 e. The van der Waals surface area contributed by atoms with E-state index in [1.165, 1.54) is 5.56 Å². The van der Waals surface area contributed by atoms with Crippen LogP contribution in [0, 0.1) is 5.41 Å². The van der Waals surface area contributed by atoms with Crippen LogP contribution in [0.2, 0.25) is 0 Å². The molecule has 0 N–H and O–H groups in total. The fourth-order valence-electron chi connectivity index (χ4n) is 2.17. The van der Waals surface area contributed by atoms with Crippen molar-refractivity contribution in [2.75, 3.05) is 0 Å². The molecule has 0 spiro atoms. The number of aryl methyl sites for hydroxylation is 2. The number of benzene rings is 1. The van der Waals surface area contributed by atoms with Crippen molar-refractivity contribution in [3.8, 4) is 0 Å². The molecule has 0 saturated carbocycles. The van der Waals surface area contributed by atoms with Crippen molar-refractivity contribution < 1.29 is 6.17 Å². The van der Waals surface area contributed by atoms with Crippen molar-refractivity contribution in [2.24, 2.45) is 5.41 Å². The lowest BCUT2D eigenvalue weighted by Gasteiger charge is -2.19. The summed E-state index contributed by atoms with van der Waals surface area (Å²) in [6, 6.07) is 6.25. The van der Waals surface area contributed by atoms with E-state index in [1.54, 1.807) is 0 Å². The summed E-state index contributed by atoms with van der Waals surface area (Å²) in [7, 11) is 0. The number of hydrogen-bond acceptors (Lipinski definition) is 1. The van der Waals surface area contributed by atoms with Gasteiger partial charge in [-0.2, -0.15) is 0 Å². The zero-order chi connectivity index (χ0) is 13.3. The molecule has 0 fully saturated rings. The third kappa shape index (κ3) is 2.96. The molecular formula is C16H22O. The average molecular weight is 231 g/mol. The summed E-state index contributed by atoms with van der Waals surface area (Å²) < 4.78 is 8.07. The van der Waals surface area contributed by atoms with Gasteiger partial charge in [-0.25, -0.2) is 0 Å². The molecule has 0 amide bonds. The standard InChI is InChI=1S/C16H22O/c1-16(2,3)15(17)11-12-8-9-13-6-4-5-7-14(13)10-12/h8-10H,4-7,11H2,1-3H3/i7D. The van der Waals surface area contributed by atoms with Gasteiger partial charge in [-0.05, 0) is 42.3 Å². The van der Waals surface area contributed by atoms with Gasteiger partial charge in [-0.15, -0.1) is 0 Å². The highest BCUT2D eigenvalue weighted by molar-refractivity contribution is 5.85. The number of hydrogen-bond donors (Lipinski definition) is 0. The predicted molar refractivity (Wildman–Crippen MR) is 71.3 cm³/mol. The molecule has 0 saturated heterocycles. The second-order valence-corrected chi connectivity index (χ2v) is 5.98. The van der Waals surface area contributed by atoms with Crippen LogP contribution in [0.1, 0.15) is 51.7 Å². The van der Waals surface area contributed by atoms with Gasteiger partial charge in [0.25, 0.3) is 0 Å². The van der Waals surface area contributed by atoms with Crippen molar-refractivity contribution >= 4 is 5.78 Å². The Hall–Kier alpha value is -1.11. The Bertz CT molecular complexity index is 457. The SMILES string of the molecule is [2H]C1CCCc2ccc(CC(=O)C(C)(C)C)cc21. The zero-order valence-electron chi connectivity index (χ0n) is 12.0. The third-order valence-corrected chi connectivity index (χ3v) is 3.43. The fraction of sp³-hybridized carbons (Fsp3) is 0.562. The Kier molecular flexibility index (Phi) is 3.00. The van der Waals surface area contributed by atoms with E-state index in [0.29, 0.717) is 6.42 Å². The lowest BCUT2D eigenvalue weighted by Crippen LogP contribution is -2.22. The van der Waals surface area contributed by atoms with E-state index in [-0.39, 0.29) is 17.6 Å². The first-order valence-electron chi connectivity index (χ1n) is 7.03. The third-order valence-electron chi connectivity index (χ3n) is 3.43. The van der Waals surface area contributed by atoms with Gasteiger partial charge >= 0.3 is 0 Å². The zero-order valence-corrected chi connectivity index (χ0v) is 11.0. The largest absolute Gasteiger partial charge is 0.299 e. The number of Topliss-reactive ketones (excluding diaryl/α,β-unsaturated/α-hetero) is 1. The molecular weight excluding hydrogens is 208 g/mol. The van der Waals surface area contributed by atoms with Crippen LogP contribution in [0.15, 0.2) is 18.2 Å². The number of fused-ring (bicyclic) bond motifs is 1. The monoisotopic (exact) mass is 231 g/mol. The molecule has 0 bridgehead atoms. The maximum atomic E-state index is 12.0. The van der Waals surface area contributed by atoms with Crippen LogP contribution in [0.25, 0.3) is 0 Å². The first kappa shape index (κ1) is 11.0. The summed E-state index contributed by atoms with van der Waals surface area (Å²) >= 11 is 0. The highest BCUT2D eigenvalue weighted by Gasteiger charge is 2.21. The predicted octanol–water partition coefficient (Wildman–Crippen LogP) is 3.72. The lowest BCUT2D eigenvalue weighted by atomic mass is 9.85. The van der Waals surface area contributed by atoms with Gasteiger partial charge in [0.05, 0.1) is 0 Å². The summed E-state index contributed by atoms with van der Waals surface area (Å²) in [4.78, 5) is 12.0. The Balaban J connectivity index is 2.21. The van der Waals surface area contributed by atoms with E-state index in [9.17, 15) is 4.79 Å². The number of rotatable bonds is 2. The van der Waals surface area contributed by atoms with Gasteiger partial charge in [-0.3, -0.25) is 4.79 Å². The molecule has 0 heterocycles. The van der Waals surface area contributed by atoms with Crippen molar-refractivity contribution in [2.45, 2.75) is 52.9 Å². The van der Waals surface area contributed by atoms with E-state index in [4.69, 9.17) is 1.37 Å². The molecule has 0 aromatic heterocycles. The quantitative estimate of drug-likeness (QED) is 0.758. The molecule has 1 aromatic carbocycles. The van der Waals surface area contributed by atoms with Crippen LogP contribution in [0.4, 0.5) is 0 Å². The van der Waals surface area contributed by atoms with E-state index >= 15 is 0 Å². The molecule has 92 valence electrons. The minimum atomic E-state index is -0.281. The second-order valence-electron chi connectivity index (χ2n) is 5.98. The van der Waals surface area contributed by atoms with Crippen LogP contribution in [-0.4, -0.2) is 5.78 Å². The molecule has 1 aliphatic rings. The van der Waals surface area contributed by atoms with Crippen molar-refractivity contribution in [3.05, 3.63) is 34.9 Å². The minimum absolute atomic E-state index is 0.0987. The Morgan fingerprint density at radius 3 is 2.76 bits per heavy atom.